The van der Waals surface area contributed by atoms with Crippen molar-refractivity contribution in [1.82, 2.24) is 15.5 Å². The van der Waals surface area contributed by atoms with Gasteiger partial charge in [-0.15, -0.1) is 0 Å². The number of likely N-dealkylation sites (tertiary alicyclic amines) is 1. The minimum atomic E-state index is 0.716. The van der Waals surface area contributed by atoms with Crippen LogP contribution in [0.15, 0.2) is 35.3 Å². The van der Waals surface area contributed by atoms with E-state index in [1.165, 1.54) is 25.1 Å². The van der Waals surface area contributed by atoms with Gasteiger partial charge in [0.15, 0.2) is 5.96 Å². The predicted molar refractivity (Wildman–Crippen MR) is 80.2 cm³/mol. The number of aliphatic imine (C=N–C) groups is 1. The first-order chi connectivity index (χ1) is 9.31. The molecule has 1 aliphatic rings. The topological polar surface area (TPSA) is 39.7 Å². The van der Waals surface area contributed by atoms with Crippen molar-refractivity contribution in [3.8, 4) is 0 Å². The van der Waals surface area contributed by atoms with Gasteiger partial charge in [-0.1, -0.05) is 30.3 Å². The molecule has 1 aromatic rings. The van der Waals surface area contributed by atoms with Gasteiger partial charge >= 0.3 is 0 Å². The number of nitrogens with zero attached hydrogens (tertiary/aromatic N) is 2. The van der Waals surface area contributed by atoms with Crippen molar-refractivity contribution in [2.45, 2.75) is 13.0 Å². The summed E-state index contributed by atoms with van der Waals surface area (Å²) in [6.07, 6.45) is 1.26. The normalized spacial score (nSPS) is 20.5. The third-order valence-electron chi connectivity index (χ3n) is 3.64. The van der Waals surface area contributed by atoms with Crippen molar-refractivity contribution in [1.29, 1.82) is 0 Å². The molecule has 104 valence electrons. The standard InChI is InChI=1S/C15H24N4/c1-16-15(17-2)18-10-14-8-9-19(12-14)11-13-6-4-3-5-7-13/h3-7,14H,8-12H2,1-2H3,(H2,16,17,18)/t14-/m1/s1. The molecule has 0 aliphatic carbocycles. The highest BCUT2D eigenvalue weighted by Gasteiger charge is 2.22. The molecule has 2 rings (SSSR count). The summed E-state index contributed by atoms with van der Waals surface area (Å²) in [5.41, 5.74) is 1.40. The first-order valence-electron chi connectivity index (χ1n) is 6.96. The smallest absolute Gasteiger partial charge is 0.190 e. The first kappa shape index (κ1) is 13.9. The minimum absolute atomic E-state index is 0.716. The van der Waals surface area contributed by atoms with Gasteiger partial charge in [0.1, 0.15) is 0 Å². The van der Waals surface area contributed by atoms with Crippen molar-refractivity contribution < 1.29 is 0 Å². The summed E-state index contributed by atoms with van der Waals surface area (Å²) in [7, 11) is 3.70. The van der Waals surface area contributed by atoms with E-state index < -0.39 is 0 Å². The van der Waals surface area contributed by atoms with Crippen molar-refractivity contribution >= 4 is 5.96 Å². The van der Waals surface area contributed by atoms with Crippen LogP contribution in [-0.4, -0.2) is 44.6 Å². The van der Waals surface area contributed by atoms with Crippen LogP contribution >= 0.6 is 0 Å². The lowest BCUT2D eigenvalue weighted by Gasteiger charge is -2.17. The molecule has 0 unspecified atom stereocenters. The zero-order valence-electron chi connectivity index (χ0n) is 11.9. The maximum absolute atomic E-state index is 4.14. The van der Waals surface area contributed by atoms with Gasteiger partial charge in [-0.25, -0.2) is 0 Å². The second-order valence-electron chi connectivity index (χ2n) is 5.08. The van der Waals surface area contributed by atoms with Gasteiger partial charge < -0.3 is 10.6 Å². The summed E-state index contributed by atoms with van der Waals surface area (Å²) in [5, 5.41) is 6.41. The van der Waals surface area contributed by atoms with E-state index in [2.05, 4.69) is 50.9 Å². The van der Waals surface area contributed by atoms with Crippen LogP contribution in [-0.2, 0) is 6.54 Å². The van der Waals surface area contributed by atoms with Gasteiger partial charge in [-0.3, -0.25) is 9.89 Å². The van der Waals surface area contributed by atoms with Crippen LogP contribution in [0.25, 0.3) is 0 Å². The Balaban J connectivity index is 1.74. The van der Waals surface area contributed by atoms with E-state index in [9.17, 15) is 0 Å². The van der Waals surface area contributed by atoms with Crippen LogP contribution in [0, 0.1) is 5.92 Å². The SMILES string of the molecule is CN=C(NC)NC[C@H]1CCN(Cc2ccccc2)C1. The van der Waals surface area contributed by atoms with E-state index in [4.69, 9.17) is 0 Å². The Morgan fingerprint density at radius 1 is 1.37 bits per heavy atom. The molecule has 0 spiro atoms. The average Bonchev–Trinajstić information content (AvgIpc) is 2.89. The number of benzene rings is 1. The predicted octanol–water partition coefficient (Wildman–Crippen LogP) is 1.30. The molecular weight excluding hydrogens is 236 g/mol. The number of rotatable bonds is 4. The number of hydrogen-bond donors (Lipinski definition) is 2. The number of hydrogen-bond acceptors (Lipinski definition) is 2. The van der Waals surface area contributed by atoms with E-state index >= 15 is 0 Å². The lowest BCUT2D eigenvalue weighted by atomic mass is 10.1. The number of nitrogens with one attached hydrogen (secondary N) is 2. The molecule has 1 aliphatic heterocycles. The van der Waals surface area contributed by atoms with Crippen molar-refractivity contribution in [3.63, 3.8) is 0 Å². The second kappa shape index (κ2) is 7.14. The van der Waals surface area contributed by atoms with Crippen LogP contribution in [0.5, 0.6) is 0 Å². The number of guanidine groups is 1. The molecule has 1 atom stereocenters. The Kier molecular flexibility index (Phi) is 5.21. The van der Waals surface area contributed by atoms with E-state index in [-0.39, 0.29) is 0 Å². The maximum atomic E-state index is 4.14. The van der Waals surface area contributed by atoms with Gasteiger partial charge in [0.05, 0.1) is 0 Å². The van der Waals surface area contributed by atoms with E-state index in [0.717, 1.165) is 19.0 Å². The average molecular weight is 260 g/mol. The fourth-order valence-corrected chi connectivity index (χ4v) is 2.58. The molecule has 0 bridgehead atoms. The third-order valence-corrected chi connectivity index (χ3v) is 3.64. The lowest BCUT2D eigenvalue weighted by Crippen LogP contribution is -2.38. The fraction of sp³-hybridized carbons (Fsp3) is 0.533. The van der Waals surface area contributed by atoms with Crippen molar-refractivity contribution in [2.24, 2.45) is 10.9 Å². The quantitative estimate of drug-likeness (QED) is 0.633. The van der Waals surface area contributed by atoms with Crippen molar-refractivity contribution in [2.75, 3.05) is 33.7 Å². The molecule has 0 radical (unpaired) electrons. The molecule has 1 saturated heterocycles. The second-order valence-corrected chi connectivity index (χ2v) is 5.08. The van der Waals surface area contributed by atoms with Crippen LogP contribution in [0.2, 0.25) is 0 Å². The summed E-state index contributed by atoms with van der Waals surface area (Å²) in [5.74, 6) is 1.59. The molecule has 0 saturated carbocycles. The zero-order valence-corrected chi connectivity index (χ0v) is 11.9. The molecule has 2 N–H and O–H groups in total. The molecule has 19 heavy (non-hydrogen) atoms. The van der Waals surface area contributed by atoms with Crippen LogP contribution in [0.4, 0.5) is 0 Å². The molecule has 4 nitrogen and oxygen atoms in total. The molecule has 0 amide bonds. The van der Waals surface area contributed by atoms with Gasteiger partial charge in [0.25, 0.3) is 0 Å². The van der Waals surface area contributed by atoms with Gasteiger partial charge in [-0.05, 0) is 24.4 Å². The van der Waals surface area contributed by atoms with E-state index in [1.807, 2.05) is 7.05 Å². The highest BCUT2D eigenvalue weighted by molar-refractivity contribution is 5.79. The summed E-state index contributed by atoms with van der Waals surface area (Å²) in [4.78, 5) is 6.67. The summed E-state index contributed by atoms with van der Waals surface area (Å²) < 4.78 is 0. The summed E-state index contributed by atoms with van der Waals surface area (Å²) in [6.45, 7) is 4.43. The lowest BCUT2D eigenvalue weighted by molar-refractivity contribution is 0.316. The van der Waals surface area contributed by atoms with Gasteiger partial charge in [0.2, 0.25) is 0 Å². The van der Waals surface area contributed by atoms with E-state index in [1.54, 1.807) is 7.05 Å². The Labute approximate surface area is 115 Å². The monoisotopic (exact) mass is 260 g/mol. The molecule has 0 aromatic heterocycles. The first-order valence-corrected chi connectivity index (χ1v) is 6.96. The van der Waals surface area contributed by atoms with Gasteiger partial charge in [-0.2, -0.15) is 0 Å². The molecule has 1 fully saturated rings. The fourth-order valence-electron chi connectivity index (χ4n) is 2.58. The summed E-state index contributed by atoms with van der Waals surface area (Å²) >= 11 is 0. The minimum Gasteiger partial charge on any atom is -0.359 e. The summed E-state index contributed by atoms with van der Waals surface area (Å²) in [6, 6.07) is 10.7. The van der Waals surface area contributed by atoms with Crippen LogP contribution in [0.1, 0.15) is 12.0 Å². The van der Waals surface area contributed by atoms with Crippen molar-refractivity contribution in [3.05, 3.63) is 35.9 Å². The highest BCUT2D eigenvalue weighted by Crippen LogP contribution is 2.17. The Morgan fingerprint density at radius 2 is 2.16 bits per heavy atom. The van der Waals surface area contributed by atoms with Crippen LogP contribution in [0.3, 0.4) is 0 Å². The van der Waals surface area contributed by atoms with Gasteiger partial charge in [0, 0.05) is 33.7 Å². The van der Waals surface area contributed by atoms with E-state index in [0.29, 0.717) is 5.92 Å². The molecule has 1 aromatic carbocycles. The zero-order chi connectivity index (χ0) is 13.5. The maximum Gasteiger partial charge on any atom is 0.190 e. The van der Waals surface area contributed by atoms with Crippen LogP contribution < -0.4 is 10.6 Å². The molecule has 1 heterocycles. The Bertz CT molecular complexity index is 402. The largest absolute Gasteiger partial charge is 0.359 e. The third kappa shape index (κ3) is 4.24. The Hall–Kier alpha value is -1.55. The molecule has 4 heteroatoms. The molecular formula is C15H24N4. The Morgan fingerprint density at radius 3 is 2.84 bits per heavy atom. The highest BCUT2D eigenvalue weighted by atomic mass is 15.2.